The van der Waals surface area contributed by atoms with Crippen molar-refractivity contribution in [2.24, 2.45) is 0 Å². The van der Waals surface area contributed by atoms with Gasteiger partial charge in [-0.15, -0.1) is 12.4 Å². The van der Waals surface area contributed by atoms with Crippen LogP contribution in [0.5, 0.6) is 0 Å². The Morgan fingerprint density at radius 1 is 1.50 bits per heavy atom. The Balaban J connectivity index is 0.00000169. The third-order valence-electron chi connectivity index (χ3n) is 1.31. The van der Waals surface area contributed by atoms with E-state index >= 15 is 0 Å². The summed E-state index contributed by atoms with van der Waals surface area (Å²) in [4.78, 5) is 13.5. The molecule has 0 radical (unpaired) electrons. The van der Waals surface area contributed by atoms with Crippen LogP contribution in [0, 0.1) is 0 Å². The molecule has 80 valence electrons. The molecule has 3 nitrogen and oxygen atoms in total. The molecule has 0 saturated carbocycles. The lowest BCUT2D eigenvalue weighted by Gasteiger charge is -2.06. The first kappa shape index (κ1) is 12.8. The molecule has 0 aliphatic rings. The first-order chi connectivity index (χ1) is 5.99. The molecule has 0 atom stereocenters. The fraction of sp³-hybridized carbons (Fsp3) is 0.286. The number of aromatic amines is 1. The third kappa shape index (κ3) is 4.18. The molecule has 0 spiro atoms. The van der Waals surface area contributed by atoms with Gasteiger partial charge in [-0.3, -0.25) is 4.79 Å². The number of alkyl halides is 3. The van der Waals surface area contributed by atoms with Crippen LogP contribution in [0.1, 0.15) is 10.4 Å². The lowest BCUT2D eigenvalue weighted by Crippen LogP contribution is -2.33. The largest absolute Gasteiger partial charge is 0.405 e. The zero-order chi connectivity index (χ0) is 9.90. The second-order valence-electron chi connectivity index (χ2n) is 2.40. The van der Waals surface area contributed by atoms with Gasteiger partial charge in [-0.25, -0.2) is 0 Å². The third-order valence-corrected chi connectivity index (χ3v) is 1.31. The van der Waals surface area contributed by atoms with Crippen molar-refractivity contribution in [3.8, 4) is 0 Å². The molecule has 1 aromatic rings. The average Bonchev–Trinajstić information content (AvgIpc) is 2.50. The van der Waals surface area contributed by atoms with Gasteiger partial charge in [0.05, 0.1) is 5.56 Å². The SMILES string of the molecule is Cl.O=C(NCC(F)(F)F)c1cc[nH]c1. The molecule has 0 unspecified atom stereocenters. The van der Waals surface area contributed by atoms with Gasteiger partial charge in [0.15, 0.2) is 0 Å². The van der Waals surface area contributed by atoms with Crippen molar-refractivity contribution >= 4 is 18.3 Å². The van der Waals surface area contributed by atoms with Crippen molar-refractivity contribution in [2.75, 3.05) is 6.54 Å². The zero-order valence-corrected chi connectivity index (χ0v) is 7.71. The molecule has 0 aliphatic heterocycles. The summed E-state index contributed by atoms with van der Waals surface area (Å²) in [6.07, 6.45) is -1.58. The van der Waals surface area contributed by atoms with Crippen molar-refractivity contribution < 1.29 is 18.0 Å². The van der Waals surface area contributed by atoms with Gasteiger partial charge in [0.25, 0.3) is 5.91 Å². The van der Waals surface area contributed by atoms with Gasteiger partial charge < -0.3 is 10.3 Å². The van der Waals surface area contributed by atoms with Crippen LogP contribution in [0.3, 0.4) is 0 Å². The zero-order valence-electron chi connectivity index (χ0n) is 6.89. The molecular formula is C7H8ClF3N2O. The molecule has 14 heavy (non-hydrogen) atoms. The number of halogens is 4. The van der Waals surface area contributed by atoms with E-state index in [-0.39, 0.29) is 18.0 Å². The Labute approximate surface area is 84.1 Å². The van der Waals surface area contributed by atoms with E-state index < -0.39 is 18.6 Å². The van der Waals surface area contributed by atoms with Crippen molar-refractivity contribution in [3.63, 3.8) is 0 Å². The quantitative estimate of drug-likeness (QED) is 0.796. The second kappa shape index (κ2) is 4.90. The Hall–Kier alpha value is -1.17. The number of rotatable bonds is 2. The number of amides is 1. The van der Waals surface area contributed by atoms with E-state index in [2.05, 4.69) is 4.98 Å². The summed E-state index contributed by atoms with van der Waals surface area (Å²) in [5, 5.41) is 1.74. The summed E-state index contributed by atoms with van der Waals surface area (Å²) in [6, 6.07) is 1.39. The summed E-state index contributed by atoms with van der Waals surface area (Å²) in [6.45, 7) is -1.31. The van der Waals surface area contributed by atoms with Crippen LogP contribution in [0.25, 0.3) is 0 Å². The van der Waals surface area contributed by atoms with Crippen LogP contribution in [0.15, 0.2) is 18.5 Å². The Bertz CT molecular complexity index is 284. The van der Waals surface area contributed by atoms with Gasteiger partial charge in [0, 0.05) is 12.4 Å². The van der Waals surface area contributed by atoms with E-state index in [4.69, 9.17) is 0 Å². The van der Waals surface area contributed by atoms with Gasteiger partial charge in [0.2, 0.25) is 0 Å². The number of carbonyl (C=O) groups is 1. The molecule has 0 aromatic carbocycles. The van der Waals surface area contributed by atoms with E-state index in [9.17, 15) is 18.0 Å². The van der Waals surface area contributed by atoms with Crippen LogP contribution in [-0.2, 0) is 0 Å². The molecule has 0 bridgehead atoms. The molecule has 2 N–H and O–H groups in total. The van der Waals surface area contributed by atoms with Crippen LogP contribution in [0.4, 0.5) is 13.2 Å². The predicted octanol–water partition coefficient (Wildman–Crippen LogP) is 1.73. The molecular weight excluding hydrogens is 221 g/mol. The molecule has 0 aliphatic carbocycles. The van der Waals surface area contributed by atoms with Crippen molar-refractivity contribution in [3.05, 3.63) is 24.0 Å². The molecule has 1 rings (SSSR count). The minimum absolute atomic E-state index is 0. The van der Waals surface area contributed by atoms with Gasteiger partial charge in [0.1, 0.15) is 6.54 Å². The van der Waals surface area contributed by atoms with E-state index in [1.807, 2.05) is 0 Å². The van der Waals surface area contributed by atoms with Gasteiger partial charge >= 0.3 is 6.18 Å². The van der Waals surface area contributed by atoms with Gasteiger partial charge in [-0.1, -0.05) is 0 Å². The number of H-pyrrole nitrogens is 1. The highest BCUT2D eigenvalue weighted by atomic mass is 35.5. The maximum Gasteiger partial charge on any atom is 0.405 e. The fourth-order valence-corrected chi connectivity index (χ4v) is 0.748. The maximum absolute atomic E-state index is 11.6. The van der Waals surface area contributed by atoms with E-state index in [0.29, 0.717) is 0 Å². The number of carbonyl (C=O) groups excluding carboxylic acids is 1. The van der Waals surface area contributed by atoms with Gasteiger partial charge in [-0.05, 0) is 6.07 Å². The minimum atomic E-state index is -4.37. The summed E-state index contributed by atoms with van der Waals surface area (Å²) in [5.74, 6) is -0.737. The lowest BCUT2D eigenvalue weighted by molar-refractivity contribution is -0.123. The normalized spacial score (nSPS) is 10.5. The topological polar surface area (TPSA) is 44.9 Å². The van der Waals surface area contributed by atoms with Crippen molar-refractivity contribution in [2.45, 2.75) is 6.18 Å². The maximum atomic E-state index is 11.6. The van der Waals surface area contributed by atoms with Gasteiger partial charge in [-0.2, -0.15) is 13.2 Å². The highest BCUT2D eigenvalue weighted by Gasteiger charge is 2.27. The fourth-order valence-electron chi connectivity index (χ4n) is 0.748. The Kier molecular flexibility index (Phi) is 4.49. The molecule has 1 aromatic heterocycles. The Morgan fingerprint density at radius 3 is 2.57 bits per heavy atom. The van der Waals surface area contributed by atoms with E-state index in [1.165, 1.54) is 18.5 Å². The monoisotopic (exact) mass is 228 g/mol. The number of hydrogen-bond donors (Lipinski definition) is 2. The molecule has 7 heteroatoms. The van der Waals surface area contributed by atoms with Crippen LogP contribution < -0.4 is 5.32 Å². The highest BCUT2D eigenvalue weighted by Crippen LogP contribution is 2.12. The van der Waals surface area contributed by atoms with Crippen molar-refractivity contribution in [1.29, 1.82) is 0 Å². The highest BCUT2D eigenvalue weighted by molar-refractivity contribution is 5.93. The van der Waals surface area contributed by atoms with E-state index in [1.54, 1.807) is 5.32 Å². The van der Waals surface area contributed by atoms with Crippen LogP contribution >= 0.6 is 12.4 Å². The van der Waals surface area contributed by atoms with Crippen LogP contribution in [0.2, 0.25) is 0 Å². The summed E-state index contributed by atoms with van der Waals surface area (Å²) < 4.78 is 34.9. The predicted molar refractivity (Wildman–Crippen MR) is 46.4 cm³/mol. The first-order valence-electron chi connectivity index (χ1n) is 3.47. The molecule has 1 amide bonds. The standard InChI is InChI=1S/C7H7F3N2O.ClH/c8-7(9,10)4-12-6(13)5-1-2-11-3-5;/h1-3,11H,4H2,(H,12,13);1H. The minimum Gasteiger partial charge on any atom is -0.367 e. The first-order valence-corrected chi connectivity index (χ1v) is 3.47. The molecule has 0 saturated heterocycles. The summed E-state index contributed by atoms with van der Waals surface area (Å²) in [7, 11) is 0. The lowest BCUT2D eigenvalue weighted by atomic mass is 10.3. The number of aromatic nitrogens is 1. The summed E-state index contributed by atoms with van der Waals surface area (Å²) in [5.41, 5.74) is 0.184. The Morgan fingerprint density at radius 2 is 2.14 bits per heavy atom. The number of hydrogen-bond acceptors (Lipinski definition) is 1. The van der Waals surface area contributed by atoms with Crippen molar-refractivity contribution in [1.82, 2.24) is 10.3 Å². The average molecular weight is 229 g/mol. The second-order valence-corrected chi connectivity index (χ2v) is 2.40. The smallest absolute Gasteiger partial charge is 0.367 e. The molecule has 0 fully saturated rings. The number of nitrogens with one attached hydrogen (secondary N) is 2. The molecule has 1 heterocycles. The van der Waals surface area contributed by atoms with E-state index in [0.717, 1.165) is 0 Å². The summed E-state index contributed by atoms with van der Waals surface area (Å²) >= 11 is 0. The van der Waals surface area contributed by atoms with Crippen LogP contribution in [-0.4, -0.2) is 23.6 Å².